The Morgan fingerprint density at radius 3 is 2.40 bits per heavy atom. The molecule has 0 unspecified atom stereocenters. The average Bonchev–Trinajstić information content (AvgIpc) is 3.11. The quantitative estimate of drug-likeness (QED) is 0.325. The van der Waals surface area contributed by atoms with Crippen molar-refractivity contribution in [3.05, 3.63) is 44.6 Å². The molecule has 0 N–H and O–H groups in total. The maximum absolute atomic E-state index is 12.8. The highest BCUT2D eigenvalue weighted by molar-refractivity contribution is 7.99. The third-order valence-electron chi connectivity index (χ3n) is 4.97. The van der Waals surface area contributed by atoms with Crippen molar-refractivity contribution in [2.24, 2.45) is 14.1 Å². The minimum Gasteiger partial charge on any atom is -0.280 e. The predicted molar refractivity (Wildman–Crippen MR) is 120 cm³/mol. The number of unbranched alkanes of at least 4 members (excludes halogenated alkanes) is 2. The van der Waals surface area contributed by atoms with E-state index in [0.29, 0.717) is 21.9 Å². The van der Waals surface area contributed by atoms with Crippen molar-refractivity contribution < 1.29 is 0 Å². The van der Waals surface area contributed by atoms with Crippen LogP contribution in [-0.4, -0.2) is 34.6 Å². The first-order valence-electron chi connectivity index (χ1n) is 10.2. The molecular formula is C21H30N6O2S. The maximum atomic E-state index is 12.8. The monoisotopic (exact) mass is 430 g/mol. The zero-order valence-electron chi connectivity index (χ0n) is 18.6. The molecule has 0 saturated carbocycles. The number of hydrogen-bond donors (Lipinski definition) is 0. The molecule has 0 radical (unpaired) electrons. The summed E-state index contributed by atoms with van der Waals surface area (Å²) < 4.78 is 4.53. The van der Waals surface area contributed by atoms with Crippen LogP contribution in [0.3, 0.4) is 0 Å². The summed E-state index contributed by atoms with van der Waals surface area (Å²) in [4.78, 5) is 34.5. The Kier molecular flexibility index (Phi) is 6.50. The van der Waals surface area contributed by atoms with Crippen molar-refractivity contribution >= 4 is 22.8 Å². The van der Waals surface area contributed by atoms with Crippen molar-refractivity contribution in [3.8, 4) is 0 Å². The highest BCUT2D eigenvalue weighted by atomic mass is 32.2. The van der Waals surface area contributed by atoms with Crippen LogP contribution >= 0.6 is 11.8 Å². The van der Waals surface area contributed by atoms with Crippen molar-refractivity contribution in [2.45, 2.75) is 63.9 Å². The van der Waals surface area contributed by atoms with Gasteiger partial charge >= 0.3 is 5.69 Å². The van der Waals surface area contributed by atoms with Crippen molar-refractivity contribution in [2.75, 3.05) is 5.75 Å². The zero-order valence-corrected chi connectivity index (χ0v) is 19.4. The molecule has 0 aromatic carbocycles. The smallest absolute Gasteiger partial charge is 0.280 e. The van der Waals surface area contributed by atoms with E-state index < -0.39 is 0 Å². The first-order valence-corrected chi connectivity index (χ1v) is 11.2. The molecule has 0 aliphatic carbocycles. The molecule has 0 amide bonds. The second kappa shape index (κ2) is 8.75. The number of aromatic nitrogens is 6. The van der Waals surface area contributed by atoms with Crippen LogP contribution in [0.25, 0.3) is 11.0 Å². The lowest BCUT2D eigenvalue weighted by atomic mass is 9.96. The van der Waals surface area contributed by atoms with Gasteiger partial charge in [-0.2, -0.15) is 5.10 Å². The van der Waals surface area contributed by atoms with Crippen LogP contribution in [0.2, 0.25) is 0 Å². The van der Waals surface area contributed by atoms with E-state index in [4.69, 9.17) is 4.98 Å². The van der Waals surface area contributed by atoms with Crippen molar-refractivity contribution in [3.63, 3.8) is 0 Å². The van der Waals surface area contributed by atoms with E-state index in [1.54, 1.807) is 18.8 Å². The summed E-state index contributed by atoms with van der Waals surface area (Å²) in [6.07, 6.45) is 7.05. The summed E-state index contributed by atoms with van der Waals surface area (Å²) in [5.41, 5.74) is 0.565. The van der Waals surface area contributed by atoms with Crippen LogP contribution in [0.4, 0.5) is 0 Å². The lowest BCUT2D eigenvalue weighted by Gasteiger charge is -2.19. The minimum atomic E-state index is -0.379. The fourth-order valence-electron chi connectivity index (χ4n) is 3.18. The third-order valence-corrected chi connectivity index (χ3v) is 6.03. The second-order valence-electron chi connectivity index (χ2n) is 8.70. The van der Waals surface area contributed by atoms with E-state index in [2.05, 4.69) is 16.3 Å². The van der Waals surface area contributed by atoms with Crippen LogP contribution in [-0.2, 0) is 26.1 Å². The molecule has 3 heterocycles. The molecule has 30 heavy (non-hydrogen) atoms. The number of fused-ring (bicyclic) bond motifs is 1. The van der Waals surface area contributed by atoms with Gasteiger partial charge in [-0.15, -0.1) is 11.8 Å². The Bertz CT molecular complexity index is 1170. The van der Waals surface area contributed by atoms with E-state index in [-0.39, 0.29) is 16.7 Å². The first-order chi connectivity index (χ1) is 14.1. The Labute approximate surface area is 180 Å². The molecule has 0 bridgehead atoms. The standard InChI is InChI=1S/C21H30N6O2S/c1-14-12-22-27(13-14)10-8-7-9-11-30-17-15-16(23-19(24-17)21(2,3)4)25(5)20(29)26(6)18(15)28/h12-13H,7-11H2,1-6H3. The van der Waals surface area contributed by atoms with Crippen LogP contribution in [0, 0.1) is 6.92 Å². The lowest BCUT2D eigenvalue weighted by Crippen LogP contribution is -2.38. The van der Waals surface area contributed by atoms with Crippen LogP contribution in [0.5, 0.6) is 0 Å². The molecule has 0 aliphatic rings. The van der Waals surface area contributed by atoms with Gasteiger partial charge < -0.3 is 0 Å². The molecule has 3 aromatic rings. The Morgan fingerprint density at radius 2 is 1.77 bits per heavy atom. The molecule has 0 fully saturated rings. The van der Waals surface area contributed by atoms with Crippen LogP contribution in [0.1, 0.15) is 51.4 Å². The Hall–Kier alpha value is -2.42. The van der Waals surface area contributed by atoms with Gasteiger partial charge in [0.1, 0.15) is 16.2 Å². The molecule has 162 valence electrons. The van der Waals surface area contributed by atoms with Crippen LogP contribution < -0.4 is 11.2 Å². The number of hydrogen-bond acceptors (Lipinski definition) is 6. The number of aryl methyl sites for hydroxylation is 3. The number of nitrogens with zero attached hydrogens (tertiary/aromatic N) is 6. The van der Waals surface area contributed by atoms with Gasteiger partial charge in [0.2, 0.25) is 0 Å². The van der Waals surface area contributed by atoms with Crippen molar-refractivity contribution in [1.82, 2.24) is 28.9 Å². The van der Waals surface area contributed by atoms with Gasteiger partial charge in [0, 0.05) is 32.3 Å². The topological polar surface area (TPSA) is 87.6 Å². The Morgan fingerprint density at radius 1 is 1.03 bits per heavy atom. The van der Waals surface area contributed by atoms with Gasteiger partial charge in [-0.1, -0.05) is 27.2 Å². The van der Waals surface area contributed by atoms with Crippen LogP contribution in [0.15, 0.2) is 27.0 Å². The molecule has 8 nitrogen and oxygen atoms in total. The molecule has 3 rings (SSSR count). The largest absolute Gasteiger partial charge is 0.332 e. The molecule has 9 heteroatoms. The Balaban J connectivity index is 1.79. The third kappa shape index (κ3) is 4.66. The number of rotatable bonds is 7. The van der Waals surface area contributed by atoms with E-state index in [9.17, 15) is 9.59 Å². The molecule has 3 aromatic heterocycles. The van der Waals surface area contributed by atoms with Gasteiger partial charge in [-0.3, -0.25) is 18.6 Å². The van der Waals surface area contributed by atoms with Gasteiger partial charge in [0.15, 0.2) is 5.65 Å². The fourth-order valence-corrected chi connectivity index (χ4v) is 4.20. The van der Waals surface area contributed by atoms with E-state index >= 15 is 0 Å². The summed E-state index contributed by atoms with van der Waals surface area (Å²) >= 11 is 1.57. The normalized spacial score (nSPS) is 12.1. The fraction of sp³-hybridized carbons (Fsp3) is 0.571. The molecule has 0 spiro atoms. The van der Waals surface area contributed by atoms with E-state index in [1.807, 2.05) is 38.6 Å². The van der Waals surface area contributed by atoms with Gasteiger partial charge in [-0.25, -0.2) is 14.8 Å². The highest BCUT2D eigenvalue weighted by Gasteiger charge is 2.23. The SMILES string of the molecule is Cc1cnn(CCCCCSc2nc(C(C)(C)C)nc3c2c(=O)n(C)c(=O)n3C)c1. The summed E-state index contributed by atoms with van der Waals surface area (Å²) in [6.45, 7) is 9.03. The minimum absolute atomic E-state index is 0.289. The van der Waals surface area contributed by atoms with E-state index in [1.165, 1.54) is 17.2 Å². The molecule has 0 saturated heterocycles. The molecular weight excluding hydrogens is 400 g/mol. The first kappa shape index (κ1) is 22.3. The van der Waals surface area contributed by atoms with Crippen molar-refractivity contribution in [1.29, 1.82) is 0 Å². The molecule has 0 atom stereocenters. The summed E-state index contributed by atoms with van der Waals surface area (Å²) in [5, 5.41) is 5.39. The predicted octanol–water partition coefficient (Wildman–Crippen LogP) is 2.79. The van der Waals surface area contributed by atoms with Gasteiger partial charge in [0.25, 0.3) is 5.56 Å². The average molecular weight is 431 g/mol. The van der Waals surface area contributed by atoms with Gasteiger partial charge in [0.05, 0.1) is 6.20 Å². The summed E-state index contributed by atoms with van der Waals surface area (Å²) in [6, 6.07) is 0. The zero-order chi connectivity index (χ0) is 22.1. The molecule has 0 aliphatic heterocycles. The summed E-state index contributed by atoms with van der Waals surface area (Å²) in [7, 11) is 3.14. The lowest BCUT2D eigenvalue weighted by molar-refractivity contribution is 0.539. The number of thioether (sulfide) groups is 1. The second-order valence-corrected chi connectivity index (χ2v) is 9.78. The van der Waals surface area contributed by atoms with Gasteiger partial charge in [-0.05, 0) is 31.1 Å². The van der Waals surface area contributed by atoms with E-state index in [0.717, 1.165) is 36.1 Å². The summed E-state index contributed by atoms with van der Waals surface area (Å²) in [5.74, 6) is 1.48. The maximum Gasteiger partial charge on any atom is 0.332 e. The highest BCUT2D eigenvalue weighted by Crippen LogP contribution is 2.27.